The third-order valence-corrected chi connectivity index (χ3v) is 6.30. The van der Waals surface area contributed by atoms with Crippen LogP contribution in [0.2, 0.25) is 0 Å². The lowest BCUT2D eigenvalue weighted by molar-refractivity contribution is 0.0939. The maximum Gasteiger partial charge on any atom is 0.251 e. The highest BCUT2D eigenvalue weighted by molar-refractivity contribution is 7.92. The van der Waals surface area contributed by atoms with Crippen molar-refractivity contribution in [2.24, 2.45) is 0 Å². The van der Waals surface area contributed by atoms with Crippen molar-refractivity contribution in [3.05, 3.63) is 53.6 Å². The summed E-state index contributed by atoms with van der Waals surface area (Å²) in [5.41, 5.74) is 1.72. The molecule has 7 nitrogen and oxygen atoms in total. The molecule has 0 aliphatic rings. The van der Waals surface area contributed by atoms with Gasteiger partial charge in [0.2, 0.25) is 10.0 Å². The van der Waals surface area contributed by atoms with Gasteiger partial charge in [-0.2, -0.15) is 0 Å². The Morgan fingerprint density at radius 2 is 1.75 bits per heavy atom. The third-order valence-electron chi connectivity index (χ3n) is 4.53. The van der Waals surface area contributed by atoms with Crippen molar-refractivity contribution in [3.8, 4) is 11.5 Å². The third kappa shape index (κ3) is 4.75. The average Bonchev–Trinajstić information content (AvgIpc) is 2.72. The maximum absolute atomic E-state index is 12.6. The molecule has 0 spiro atoms. The molecule has 0 aliphatic carbocycles. The van der Waals surface area contributed by atoms with E-state index in [-0.39, 0.29) is 17.7 Å². The van der Waals surface area contributed by atoms with Crippen LogP contribution >= 0.6 is 0 Å². The summed E-state index contributed by atoms with van der Waals surface area (Å²) in [6, 6.07) is 11.5. The molecule has 0 aliphatic heterocycles. The zero-order chi connectivity index (χ0) is 20.9. The number of methoxy groups -OCH3 is 2. The van der Waals surface area contributed by atoms with Crippen molar-refractivity contribution in [1.82, 2.24) is 5.32 Å². The van der Waals surface area contributed by atoms with E-state index < -0.39 is 10.0 Å². The van der Waals surface area contributed by atoms with Gasteiger partial charge in [0.25, 0.3) is 5.91 Å². The summed E-state index contributed by atoms with van der Waals surface area (Å²) in [5, 5.41) is 2.92. The number of amides is 1. The van der Waals surface area contributed by atoms with Gasteiger partial charge < -0.3 is 14.8 Å². The van der Waals surface area contributed by atoms with Gasteiger partial charge >= 0.3 is 0 Å². The molecule has 0 bridgehead atoms. The van der Waals surface area contributed by atoms with E-state index in [9.17, 15) is 13.2 Å². The number of nitrogens with one attached hydrogen (secondary N) is 1. The summed E-state index contributed by atoms with van der Waals surface area (Å²) >= 11 is 0. The standard InChI is InChI=1S/C20H26N2O5S/c1-6-28(24,25)22(3)16-9-7-15(8-10-16)20(23)21-14(2)18-13-17(26-4)11-12-19(18)27-5/h7-14H,6H2,1-5H3,(H,21,23). The minimum Gasteiger partial charge on any atom is -0.497 e. The molecule has 2 aromatic carbocycles. The lowest BCUT2D eigenvalue weighted by Gasteiger charge is -2.20. The number of anilines is 1. The molecule has 1 unspecified atom stereocenters. The largest absolute Gasteiger partial charge is 0.497 e. The van der Waals surface area contributed by atoms with Gasteiger partial charge in [-0.15, -0.1) is 0 Å². The van der Waals surface area contributed by atoms with Crippen molar-refractivity contribution < 1.29 is 22.7 Å². The fourth-order valence-corrected chi connectivity index (χ4v) is 3.54. The summed E-state index contributed by atoms with van der Waals surface area (Å²) in [5.74, 6) is 1.05. The van der Waals surface area contributed by atoms with Crippen LogP contribution in [0.3, 0.4) is 0 Å². The van der Waals surface area contributed by atoms with Gasteiger partial charge in [0.1, 0.15) is 11.5 Å². The molecule has 8 heteroatoms. The number of rotatable bonds is 8. The summed E-state index contributed by atoms with van der Waals surface area (Å²) < 4.78 is 35.7. The second-order valence-electron chi connectivity index (χ2n) is 6.22. The molecule has 0 aromatic heterocycles. The number of hydrogen-bond donors (Lipinski definition) is 1. The smallest absolute Gasteiger partial charge is 0.251 e. The SMILES string of the molecule is CCS(=O)(=O)N(C)c1ccc(C(=O)NC(C)c2cc(OC)ccc2OC)cc1. The molecule has 0 heterocycles. The second-order valence-corrected chi connectivity index (χ2v) is 8.51. The van der Waals surface area contributed by atoms with Crippen LogP contribution in [0.4, 0.5) is 5.69 Å². The van der Waals surface area contributed by atoms with E-state index in [4.69, 9.17) is 9.47 Å². The van der Waals surface area contributed by atoms with E-state index in [0.29, 0.717) is 22.7 Å². The van der Waals surface area contributed by atoms with Gasteiger partial charge in [-0.3, -0.25) is 9.10 Å². The summed E-state index contributed by atoms with van der Waals surface area (Å²) in [4.78, 5) is 12.6. The number of sulfonamides is 1. The zero-order valence-electron chi connectivity index (χ0n) is 16.7. The first-order valence-electron chi connectivity index (χ1n) is 8.83. The molecule has 2 rings (SSSR count). The van der Waals surface area contributed by atoms with Crippen LogP contribution < -0.4 is 19.1 Å². The van der Waals surface area contributed by atoms with E-state index in [2.05, 4.69) is 5.32 Å². The van der Waals surface area contributed by atoms with E-state index in [1.165, 1.54) is 11.4 Å². The predicted molar refractivity (Wildman–Crippen MR) is 110 cm³/mol. The van der Waals surface area contributed by atoms with Crippen LogP contribution in [-0.2, 0) is 10.0 Å². The summed E-state index contributed by atoms with van der Waals surface area (Å²) in [7, 11) is 1.29. The maximum atomic E-state index is 12.6. The van der Waals surface area contributed by atoms with Gasteiger partial charge in [0.15, 0.2) is 0 Å². The van der Waals surface area contributed by atoms with Gasteiger partial charge in [-0.1, -0.05) is 0 Å². The number of hydrogen-bond acceptors (Lipinski definition) is 5. The Hall–Kier alpha value is -2.74. The Bertz CT molecular complexity index is 926. The van der Waals surface area contributed by atoms with Crippen LogP contribution in [-0.4, -0.2) is 41.3 Å². The average molecular weight is 407 g/mol. The first-order chi connectivity index (χ1) is 13.2. The lowest BCUT2D eigenvalue weighted by atomic mass is 10.1. The van der Waals surface area contributed by atoms with Crippen molar-refractivity contribution in [1.29, 1.82) is 0 Å². The normalized spacial score (nSPS) is 12.2. The fourth-order valence-electron chi connectivity index (χ4n) is 2.71. The molecule has 1 amide bonds. The highest BCUT2D eigenvalue weighted by atomic mass is 32.2. The second kappa shape index (κ2) is 8.97. The van der Waals surface area contributed by atoms with E-state index >= 15 is 0 Å². The lowest BCUT2D eigenvalue weighted by Crippen LogP contribution is -2.28. The highest BCUT2D eigenvalue weighted by Crippen LogP contribution is 2.29. The molecule has 1 N–H and O–H groups in total. The zero-order valence-corrected chi connectivity index (χ0v) is 17.5. The van der Waals surface area contributed by atoms with Gasteiger partial charge in [0.05, 0.1) is 31.7 Å². The Balaban J connectivity index is 2.17. The Kier molecular flexibility index (Phi) is 6.90. The summed E-state index contributed by atoms with van der Waals surface area (Å²) in [6.07, 6.45) is 0. The topological polar surface area (TPSA) is 84.9 Å². The number of carbonyl (C=O) groups is 1. The molecule has 0 radical (unpaired) electrons. The first kappa shape index (κ1) is 21.6. The number of nitrogens with zero attached hydrogens (tertiary/aromatic N) is 1. The van der Waals surface area contributed by atoms with Crippen LogP contribution in [0, 0.1) is 0 Å². The Morgan fingerprint density at radius 1 is 1.11 bits per heavy atom. The predicted octanol–water partition coefficient (Wildman–Crippen LogP) is 2.98. The fraction of sp³-hybridized carbons (Fsp3) is 0.350. The molecule has 28 heavy (non-hydrogen) atoms. The summed E-state index contributed by atoms with van der Waals surface area (Å²) in [6.45, 7) is 3.44. The van der Waals surface area contributed by atoms with E-state index in [0.717, 1.165) is 5.56 Å². The molecule has 2 aromatic rings. The van der Waals surface area contributed by atoms with Crippen molar-refractivity contribution in [2.45, 2.75) is 19.9 Å². The first-order valence-corrected chi connectivity index (χ1v) is 10.4. The minimum atomic E-state index is -3.35. The number of benzene rings is 2. The van der Waals surface area contributed by atoms with Crippen molar-refractivity contribution in [2.75, 3.05) is 31.3 Å². The van der Waals surface area contributed by atoms with Gasteiger partial charge in [0, 0.05) is 18.2 Å². The number of ether oxygens (including phenoxy) is 2. The molecular weight excluding hydrogens is 380 g/mol. The van der Waals surface area contributed by atoms with Crippen LogP contribution in [0.25, 0.3) is 0 Å². The van der Waals surface area contributed by atoms with Gasteiger partial charge in [-0.05, 0) is 56.3 Å². The van der Waals surface area contributed by atoms with Crippen LogP contribution in [0.5, 0.6) is 11.5 Å². The number of carbonyl (C=O) groups excluding carboxylic acids is 1. The van der Waals surface area contributed by atoms with Gasteiger partial charge in [-0.25, -0.2) is 8.42 Å². The monoisotopic (exact) mass is 406 g/mol. The molecule has 1 atom stereocenters. The highest BCUT2D eigenvalue weighted by Gasteiger charge is 2.18. The molecule has 0 saturated carbocycles. The van der Waals surface area contributed by atoms with E-state index in [1.54, 1.807) is 57.5 Å². The molecule has 0 saturated heterocycles. The molecule has 0 fully saturated rings. The van der Waals surface area contributed by atoms with Crippen LogP contribution in [0.15, 0.2) is 42.5 Å². The minimum absolute atomic E-state index is 0.00558. The van der Waals surface area contributed by atoms with E-state index in [1.807, 2.05) is 13.0 Å². The Morgan fingerprint density at radius 3 is 2.29 bits per heavy atom. The molecule has 152 valence electrons. The van der Waals surface area contributed by atoms with Crippen molar-refractivity contribution >= 4 is 21.6 Å². The quantitative estimate of drug-likeness (QED) is 0.728. The van der Waals surface area contributed by atoms with Crippen molar-refractivity contribution in [3.63, 3.8) is 0 Å². The van der Waals surface area contributed by atoms with Crippen LogP contribution in [0.1, 0.15) is 35.8 Å². The molecular formula is C20H26N2O5S. The Labute approximate surface area is 166 Å².